The fourth-order valence-corrected chi connectivity index (χ4v) is 3.10. The summed E-state index contributed by atoms with van der Waals surface area (Å²) in [6.45, 7) is 5.68. The average molecular weight is 348 g/mol. The van der Waals surface area contributed by atoms with Crippen molar-refractivity contribution in [2.24, 2.45) is 0 Å². The third kappa shape index (κ3) is 3.16. The summed E-state index contributed by atoms with van der Waals surface area (Å²) in [5.74, 6) is 0.116. The normalized spacial score (nSPS) is 10.6. The zero-order chi connectivity index (χ0) is 18.7. The van der Waals surface area contributed by atoms with Gasteiger partial charge in [0.05, 0.1) is 23.4 Å². The standard InChI is InChI=1S/C21H20N2O3/c1-4-26-21(25)17-12-8-9-13-18(17)23-14(2)19(20(24)22-15(23)3)16-10-6-5-7-11-16/h5-13H,4H2,1-3H3. The lowest BCUT2D eigenvalue weighted by Gasteiger charge is -2.19. The molecule has 0 aliphatic rings. The van der Waals surface area contributed by atoms with Gasteiger partial charge in [0.1, 0.15) is 5.82 Å². The largest absolute Gasteiger partial charge is 0.462 e. The fourth-order valence-electron chi connectivity index (χ4n) is 3.10. The van der Waals surface area contributed by atoms with Crippen molar-refractivity contribution >= 4 is 5.97 Å². The second kappa shape index (κ2) is 7.35. The maximum absolute atomic E-state index is 12.6. The summed E-state index contributed by atoms with van der Waals surface area (Å²) in [4.78, 5) is 29.1. The predicted octanol–water partition coefficient (Wildman–Crippen LogP) is 3.69. The molecule has 0 bridgehead atoms. The highest BCUT2D eigenvalue weighted by Crippen LogP contribution is 2.24. The van der Waals surface area contributed by atoms with E-state index in [1.165, 1.54) is 0 Å². The zero-order valence-corrected chi connectivity index (χ0v) is 15.0. The highest BCUT2D eigenvalue weighted by molar-refractivity contribution is 5.93. The Labute approximate surface area is 151 Å². The number of ether oxygens (including phenoxy) is 1. The third-order valence-corrected chi connectivity index (χ3v) is 4.20. The van der Waals surface area contributed by atoms with Crippen LogP contribution in [-0.4, -0.2) is 22.1 Å². The van der Waals surface area contributed by atoms with Crippen LogP contribution in [0, 0.1) is 13.8 Å². The molecule has 1 heterocycles. The van der Waals surface area contributed by atoms with Gasteiger partial charge in [0.25, 0.3) is 5.56 Å². The van der Waals surface area contributed by atoms with E-state index >= 15 is 0 Å². The molecule has 0 spiro atoms. The van der Waals surface area contributed by atoms with Gasteiger partial charge in [0.2, 0.25) is 0 Å². The van der Waals surface area contributed by atoms with E-state index in [1.807, 2.05) is 54.0 Å². The van der Waals surface area contributed by atoms with Gasteiger partial charge in [-0.25, -0.2) is 4.79 Å². The molecule has 0 aliphatic carbocycles. The summed E-state index contributed by atoms with van der Waals surface area (Å²) in [7, 11) is 0. The minimum Gasteiger partial charge on any atom is -0.462 e. The van der Waals surface area contributed by atoms with Crippen LogP contribution < -0.4 is 5.56 Å². The lowest BCUT2D eigenvalue weighted by atomic mass is 10.0. The van der Waals surface area contributed by atoms with E-state index in [-0.39, 0.29) is 5.56 Å². The molecule has 0 fully saturated rings. The summed E-state index contributed by atoms with van der Waals surface area (Å²) < 4.78 is 7.00. The van der Waals surface area contributed by atoms with Gasteiger partial charge in [-0.1, -0.05) is 42.5 Å². The molecule has 0 aliphatic heterocycles. The van der Waals surface area contributed by atoms with Crippen molar-refractivity contribution in [1.82, 2.24) is 9.55 Å². The number of carbonyl (C=O) groups is 1. The molecule has 5 heteroatoms. The van der Waals surface area contributed by atoms with Crippen LogP contribution in [0.4, 0.5) is 0 Å². The molecule has 3 rings (SSSR count). The van der Waals surface area contributed by atoms with E-state index in [4.69, 9.17) is 4.74 Å². The Hall–Kier alpha value is -3.21. The molecule has 0 saturated carbocycles. The number of hydrogen-bond acceptors (Lipinski definition) is 4. The first kappa shape index (κ1) is 17.6. The highest BCUT2D eigenvalue weighted by Gasteiger charge is 2.19. The second-order valence-electron chi connectivity index (χ2n) is 5.86. The van der Waals surface area contributed by atoms with Crippen molar-refractivity contribution in [3.8, 4) is 16.8 Å². The maximum Gasteiger partial charge on any atom is 0.340 e. The molecule has 0 unspecified atom stereocenters. The molecule has 5 nitrogen and oxygen atoms in total. The van der Waals surface area contributed by atoms with E-state index in [0.717, 1.165) is 11.3 Å². The number of benzene rings is 2. The number of aryl methyl sites for hydroxylation is 1. The van der Waals surface area contributed by atoms with Crippen LogP contribution in [-0.2, 0) is 4.74 Å². The summed E-state index contributed by atoms with van der Waals surface area (Å²) in [5.41, 5.74) is 2.84. The molecule has 132 valence electrons. The molecular weight excluding hydrogens is 328 g/mol. The first-order valence-electron chi connectivity index (χ1n) is 8.46. The van der Waals surface area contributed by atoms with Crippen molar-refractivity contribution in [1.29, 1.82) is 0 Å². The van der Waals surface area contributed by atoms with Gasteiger partial charge in [-0.3, -0.25) is 4.79 Å². The maximum atomic E-state index is 12.6. The number of rotatable bonds is 4. The number of aromatic nitrogens is 2. The minimum atomic E-state index is -0.401. The Morgan fingerprint density at radius 2 is 1.69 bits per heavy atom. The Balaban J connectivity index is 2.28. The molecule has 0 amide bonds. The van der Waals surface area contributed by atoms with Crippen LogP contribution in [0.25, 0.3) is 16.8 Å². The number of para-hydroxylation sites is 1. The average Bonchev–Trinajstić information content (AvgIpc) is 2.63. The third-order valence-electron chi connectivity index (χ3n) is 4.20. The van der Waals surface area contributed by atoms with Gasteiger partial charge < -0.3 is 9.30 Å². The monoisotopic (exact) mass is 348 g/mol. The van der Waals surface area contributed by atoms with Crippen molar-refractivity contribution in [2.45, 2.75) is 20.8 Å². The number of hydrogen-bond donors (Lipinski definition) is 0. The molecule has 1 aromatic heterocycles. The summed E-state index contributed by atoms with van der Waals surface area (Å²) in [6, 6.07) is 16.6. The van der Waals surface area contributed by atoms with Gasteiger partial charge in [0, 0.05) is 5.69 Å². The van der Waals surface area contributed by atoms with Crippen LogP contribution in [0.15, 0.2) is 59.4 Å². The molecule has 2 aromatic carbocycles. The van der Waals surface area contributed by atoms with Crippen LogP contribution in [0.3, 0.4) is 0 Å². The molecule has 0 radical (unpaired) electrons. The van der Waals surface area contributed by atoms with Gasteiger partial charge in [-0.2, -0.15) is 4.98 Å². The Kier molecular flexibility index (Phi) is 4.98. The van der Waals surface area contributed by atoms with Gasteiger partial charge >= 0.3 is 5.97 Å². The molecule has 26 heavy (non-hydrogen) atoms. The van der Waals surface area contributed by atoms with Crippen molar-refractivity contribution in [2.75, 3.05) is 6.61 Å². The Morgan fingerprint density at radius 3 is 2.38 bits per heavy atom. The van der Waals surface area contributed by atoms with E-state index < -0.39 is 5.97 Å². The van der Waals surface area contributed by atoms with Gasteiger partial charge in [-0.05, 0) is 38.5 Å². The first-order chi connectivity index (χ1) is 12.5. The SMILES string of the molecule is CCOC(=O)c1ccccc1-n1c(C)nc(=O)c(-c2ccccc2)c1C. The summed E-state index contributed by atoms with van der Waals surface area (Å²) in [5, 5.41) is 0. The summed E-state index contributed by atoms with van der Waals surface area (Å²) in [6.07, 6.45) is 0. The number of esters is 1. The fraction of sp³-hybridized carbons (Fsp3) is 0.190. The van der Waals surface area contributed by atoms with E-state index in [9.17, 15) is 9.59 Å². The number of nitrogens with zero attached hydrogens (tertiary/aromatic N) is 2. The Morgan fingerprint density at radius 1 is 1.04 bits per heavy atom. The quantitative estimate of drug-likeness (QED) is 0.675. The zero-order valence-electron chi connectivity index (χ0n) is 15.0. The van der Waals surface area contributed by atoms with Gasteiger partial charge in [-0.15, -0.1) is 0 Å². The van der Waals surface area contributed by atoms with Crippen molar-refractivity contribution in [3.05, 3.63) is 82.0 Å². The predicted molar refractivity (Wildman–Crippen MR) is 101 cm³/mol. The van der Waals surface area contributed by atoms with E-state index in [2.05, 4.69) is 4.98 Å². The molecule has 0 N–H and O–H groups in total. The van der Waals surface area contributed by atoms with E-state index in [0.29, 0.717) is 29.2 Å². The lowest BCUT2D eigenvalue weighted by molar-refractivity contribution is 0.0526. The van der Waals surface area contributed by atoms with Gasteiger partial charge in [0.15, 0.2) is 0 Å². The summed E-state index contributed by atoms with van der Waals surface area (Å²) >= 11 is 0. The van der Waals surface area contributed by atoms with Crippen molar-refractivity contribution < 1.29 is 9.53 Å². The minimum absolute atomic E-state index is 0.281. The van der Waals surface area contributed by atoms with Crippen LogP contribution >= 0.6 is 0 Å². The van der Waals surface area contributed by atoms with E-state index in [1.54, 1.807) is 26.0 Å². The smallest absolute Gasteiger partial charge is 0.340 e. The Bertz CT molecular complexity index is 1010. The molecule has 0 saturated heterocycles. The first-order valence-corrected chi connectivity index (χ1v) is 8.46. The van der Waals surface area contributed by atoms with Crippen LogP contribution in [0.5, 0.6) is 0 Å². The molecule has 3 aromatic rings. The molecule has 0 atom stereocenters. The van der Waals surface area contributed by atoms with Crippen LogP contribution in [0.2, 0.25) is 0 Å². The topological polar surface area (TPSA) is 61.2 Å². The number of carbonyl (C=O) groups excluding carboxylic acids is 1. The molecular formula is C21H20N2O3. The van der Waals surface area contributed by atoms with Crippen LogP contribution in [0.1, 0.15) is 28.8 Å². The second-order valence-corrected chi connectivity index (χ2v) is 5.86. The van der Waals surface area contributed by atoms with Crippen molar-refractivity contribution in [3.63, 3.8) is 0 Å². The lowest BCUT2D eigenvalue weighted by Crippen LogP contribution is -2.21. The highest BCUT2D eigenvalue weighted by atomic mass is 16.5.